The fourth-order valence-electron chi connectivity index (χ4n) is 1.74. The van der Waals surface area contributed by atoms with Crippen molar-refractivity contribution in [2.45, 2.75) is 23.3 Å². The lowest BCUT2D eigenvalue weighted by molar-refractivity contribution is 0.0510. The second kappa shape index (κ2) is 4.92. The Kier molecular flexibility index (Phi) is 3.70. The van der Waals surface area contributed by atoms with Gasteiger partial charge in [-0.2, -0.15) is 0 Å². The van der Waals surface area contributed by atoms with Crippen molar-refractivity contribution in [3.63, 3.8) is 0 Å². The third-order valence-electron chi connectivity index (χ3n) is 3.07. The third-order valence-corrected chi connectivity index (χ3v) is 4.30. The van der Waals surface area contributed by atoms with Crippen LogP contribution in [0.15, 0.2) is 23.1 Å². The summed E-state index contributed by atoms with van der Waals surface area (Å²) < 4.78 is 25.7. The number of hydrogen-bond donors (Lipinski definition) is 2. The van der Waals surface area contributed by atoms with Crippen molar-refractivity contribution in [1.82, 2.24) is 0 Å². The number of nitrogens with two attached hydrogens (primary N) is 1. The highest BCUT2D eigenvalue weighted by Gasteiger charge is 2.42. The molecule has 5 heteroatoms. The van der Waals surface area contributed by atoms with Gasteiger partial charge in [-0.05, 0) is 37.0 Å². The molecule has 1 aromatic carbocycles. The lowest BCUT2D eigenvalue weighted by Gasteiger charge is -2.25. The molecular weight excluding hydrogens is 244 g/mol. The number of halogens is 2. The van der Waals surface area contributed by atoms with Crippen molar-refractivity contribution in [2.24, 2.45) is 11.7 Å². The fraction of sp³-hybridized carbons (Fsp3) is 0.500. The molecular formula is C12H15F2NOS. The highest BCUT2D eigenvalue weighted by molar-refractivity contribution is 7.99. The molecule has 1 aliphatic carbocycles. The van der Waals surface area contributed by atoms with Gasteiger partial charge in [0.25, 0.3) is 0 Å². The Bertz CT molecular complexity index is 411. The molecule has 0 saturated heterocycles. The molecule has 1 saturated carbocycles. The fourth-order valence-corrected chi connectivity index (χ4v) is 2.86. The third kappa shape index (κ3) is 2.97. The molecule has 1 aliphatic rings. The van der Waals surface area contributed by atoms with Gasteiger partial charge in [0.2, 0.25) is 0 Å². The van der Waals surface area contributed by atoms with E-state index in [-0.39, 0.29) is 12.5 Å². The molecule has 1 unspecified atom stereocenters. The smallest absolute Gasteiger partial charge is 0.159 e. The van der Waals surface area contributed by atoms with Gasteiger partial charge in [0.1, 0.15) is 0 Å². The summed E-state index contributed by atoms with van der Waals surface area (Å²) in [6.07, 6.45) is 1.98. The van der Waals surface area contributed by atoms with Gasteiger partial charge >= 0.3 is 0 Å². The first kappa shape index (κ1) is 12.8. The van der Waals surface area contributed by atoms with Crippen LogP contribution in [0.5, 0.6) is 0 Å². The number of thioether (sulfide) groups is 1. The Morgan fingerprint density at radius 3 is 2.59 bits per heavy atom. The largest absolute Gasteiger partial charge is 0.387 e. The maximum Gasteiger partial charge on any atom is 0.159 e. The zero-order valence-corrected chi connectivity index (χ0v) is 10.1. The maximum absolute atomic E-state index is 13.0. The molecule has 0 heterocycles. The molecule has 1 aromatic rings. The number of rotatable bonds is 5. The molecule has 3 N–H and O–H groups in total. The highest BCUT2D eigenvalue weighted by atomic mass is 32.2. The van der Waals surface area contributed by atoms with Crippen LogP contribution in [0.3, 0.4) is 0 Å². The van der Waals surface area contributed by atoms with E-state index in [1.54, 1.807) is 0 Å². The molecule has 94 valence electrons. The first-order valence-electron chi connectivity index (χ1n) is 5.55. The number of benzene rings is 1. The second-order valence-corrected chi connectivity index (χ2v) is 5.50. The van der Waals surface area contributed by atoms with Crippen molar-refractivity contribution in [2.75, 3.05) is 12.3 Å². The summed E-state index contributed by atoms with van der Waals surface area (Å²) in [7, 11) is 0. The first-order chi connectivity index (χ1) is 8.05. The van der Waals surface area contributed by atoms with Crippen LogP contribution in [0.1, 0.15) is 12.8 Å². The van der Waals surface area contributed by atoms with E-state index < -0.39 is 17.2 Å². The van der Waals surface area contributed by atoms with Crippen molar-refractivity contribution >= 4 is 11.8 Å². The van der Waals surface area contributed by atoms with Gasteiger partial charge in [-0.15, -0.1) is 11.8 Å². The Balaban J connectivity index is 1.98. The Labute approximate surface area is 103 Å². The predicted octanol–water partition coefficient (Wildman–Crippen LogP) is 2.16. The van der Waals surface area contributed by atoms with Crippen LogP contribution in [0.4, 0.5) is 8.78 Å². The molecule has 2 rings (SSSR count). The Hall–Kier alpha value is -0.650. The van der Waals surface area contributed by atoms with Crippen LogP contribution in [0.2, 0.25) is 0 Å². The summed E-state index contributed by atoms with van der Waals surface area (Å²) >= 11 is 1.31. The van der Waals surface area contributed by atoms with Crippen molar-refractivity contribution in [1.29, 1.82) is 0 Å². The summed E-state index contributed by atoms with van der Waals surface area (Å²) in [4.78, 5) is 0.608. The summed E-state index contributed by atoms with van der Waals surface area (Å²) in [5.74, 6) is -1.05. The van der Waals surface area contributed by atoms with Crippen molar-refractivity contribution in [3.05, 3.63) is 29.8 Å². The van der Waals surface area contributed by atoms with Crippen LogP contribution >= 0.6 is 11.8 Å². The molecule has 0 bridgehead atoms. The van der Waals surface area contributed by atoms with E-state index in [1.165, 1.54) is 17.8 Å². The van der Waals surface area contributed by atoms with E-state index in [1.807, 2.05) is 0 Å². The standard InChI is InChI=1S/C12H15F2NOS/c13-10-4-3-9(5-11(10)14)17-7-12(16,6-15)8-1-2-8/h3-5,8,16H,1-2,6-7,15H2. The van der Waals surface area contributed by atoms with E-state index in [2.05, 4.69) is 0 Å². The molecule has 1 atom stereocenters. The van der Waals surface area contributed by atoms with Crippen LogP contribution in [-0.4, -0.2) is 23.0 Å². The molecule has 0 radical (unpaired) electrons. The van der Waals surface area contributed by atoms with Gasteiger partial charge in [-0.25, -0.2) is 8.78 Å². The minimum absolute atomic E-state index is 0.203. The van der Waals surface area contributed by atoms with Gasteiger partial charge in [0, 0.05) is 17.2 Å². The van der Waals surface area contributed by atoms with E-state index in [0.717, 1.165) is 25.0 Å². The molecule has 0 spiro atoms. The van der Waals surface area contributed by atoms with Crippen LogP contribution in [0, 0.1) is 17.6 Å². The summed E-state index contributed by atoms with van der Waals surface area (Å²) in [6, 6.07) is 3.74. The topological polar surface area (TPSA) is 46.2 Å². The van der Waals surface area contributed by atoms with Crippen LogP contribution in [-0.2, 0) is 0 Å². The second-order valence-electron chi connectivity index (χ2n) is 4.45. The quantitative estimate of drug-likeness (QED) is 0.797. The summed E-state index contributed by atoms with van der Waals surface area (Å²) in [5, 5.41) is 10.2. The SMILES string of the molecule is NCC(O)(CSc1ccc(F)c(F)c1)C1CC1. The van der Waals surface area contributed by atoms with Crippen LogP contribution in [0.25, 0.3) is 0 Å². The summed E-state index contributed by atoms with van der Waals surface area (Å²) in [6.45, 7) is 0.203. The lowest BCUT2D eigenvalue weighted by atomic mass is 10.0. The van der Waals surface area contributed by atoms with Crippen molar-refractivity contribution in [3.8, 4) is 0 Å². The molecule has 17 heavy (non-hydrogen) atoms. The van der Waals surface area contributed by atoms with E-state index in [9.17, 15) is 13.9 Å². The van der Waals surface area contributed by atoms with Gasteiger partial charge in [0.05, 0.1) is 5.60 Å². The zero-order valence-electron chi connectivity index (χ0n) is 9.33. The van der Waals surface area contributed by atoms with E-state index >= 15 is 0 Å². The highest BCUT2D eigenvalue weighted by Crippen LogP contribution is 2.41. The first-order valence-corrected chi connectivity index (χ1v) is 6.54. The number of hydrogen-bond acceptors (Lipinski definition) is 3. The predicted molar refractivity (Wildman–Crippen MR) is 63.8 cm³/mol. The normalized spacial score (nSPS) is 19.1. The zero-order chi connectivity index (χ0) is 12.5. The number of aliphatic hydroxyl groups is 1. The molecule has 0 amide bonds. The summed E-state index contributed by atoms with van der Waals surface area (Å²) in [5.41, 5.74) is 4.69. The average Bonchev–Trinajstić information content (AvgIpc) is 3.14. The maximum atomic E-state index is 13.0. The van der Waals surface area contributed by atoms with Gasteiger partial charge in [-0.3, -0.25) is 0 Å². The Morgan fingerprint density at radius 1 is 1.35 bits per heavy atom. The molecule has 1 fully saturated rings. The van der Waals surface area contributed by atoms with Gasteiger partial charge in [0.15, 0.2) is 11.6 Å². The van der Waals surface area contributed by atoms with E-state index in [4.69, 9.17) is 5.73 Å². The molecule has 2 nitrogen and oxygen atoms in total. The Morgan fingerprint density at radius 2 is 2.06 bits per heavy atom. The van der Waals surface area contributed by atoms with Crippen LogP contribution < -0.4 is 5.73 Å². The van der Waals surface area contributed by atoms with Crippen molar-refractivity contribution < 1.29 is 13.9 Å². The average molecular weight is 259 g/mol. The monoisotopic (exact) mass is 259 g/mol. The van der Waals surface area contributed by atoms with Gasteiger partial charge in [-0.1, -0.05) is 0 Å². The molecule has 0 aliphatic heterocycles. The lowest BCUT2D eigenvalue weighted by Crippen LogP contribution is -2.42. The minimum Gasteiger partial charge on any atom is -0.387 e. The molecule has 0 aromatic heterocycles. The van der Waals surface area contributed by atoms with Gasteiger partial charge < -0.3 is 10.8 Å². The van der Waals surface area contributed by atoms with E-state index in [0.29, 0.717) is 10.6 Å². The minimum atomic E-state index is -0.879.